The molecule has 0 unspecified atom stereocenters. The molecule has 2 rings (SSSR count). The molecule has 4 heteroatoms. The Balaban J connectivity index is 2.50. The molecule has 1 N–H and O–H groups in total. The average Bonchev–Trinajstić information content (AvgIpc) is 2.16. The van der Waals surface area contributed by atoms with Crippen molar-refractivity contribution < 1.29 is 5.11 Å². The molecule has 13 heavy (non-hydrogen) atoms. The number of hydrogen-bond donors (Lipinski definition) is 1. The standard InChI is InChI=1S/C9H10ClNOS/c10-9-3-6(4-12)7-5-13-2-1-8(7)11-9/h3,12H,1-2,4-5H2. The molecule has 1 aromatic heterocycles. The number of aliphatic hydroxyl groups is 1. The SMILES string of the molecule is OCc1cc(Cl)nc2c1CSCC2. The zero-order valence-electron chi connectivity index (χ0n) is 7.09. The van der Waals surface area contributed by atoms with Gasteiger partial charge in [0.05, 0.1) is 6.61 Å². The minimum Gasteiger partial charge on any atom is -0.392 e. The van der Waals surface area contributed by atoms with Crippen LogP contribution in [-0.2, 0) is 18.8 Å². The summed E-state index contributed by atoms with van der Waals surface area (Å²) in [6, 6.07) is 1.76. The molecular weight excluding hydrogens is 206 g/mol. The van der Waals surface area contributed by atoms with Crippen LogP contribution >= 0.6 is 23.4 Å². The molecule has 0 bridgehead atoms. The molecule has 1 aliphatic rings. The summed E-state index contributed by atoms with van der Waals surface area (Å²) in [5.41, 5.74) is 3.18. The van der Waals surface area contributed by atoms with Gasteiger partial charge in [-0.2, -0.15) is 11.8 Å². The third-order valence-electron chi connectivity index (χ3n) is 2.17. The largest absolute Gasteiger partial charge is 0.392 e. The maximum atomic E-state index is 9.12. The van der Waals surface area contributed by atoms with Crippen LogP contribution in [0.25, 0.3) is 0 Å². The Hall–Kier alpha value is -0.250. The fourth-order valence-electron chi connectivity index (χ4n) is 1.51. The van der Waals surface area contributed by atoms with Crippen LogP contribution < -0.4 is 0 Å². The Morgan fingerprint density at radius 1 is 1.62 bits per heavy atom. The first-order chi connectivity index (χ1) is 6.31. The average molecular weight is 216 g/mol. The highest BCUT2D eigenvalue weighted by molar-refractivity contribution is 7.98. The molecule has 2 nitrogen and oxygen atoms in total. The number of hydrogen-bond acceptors (Lipinski definition) is 3. The van der Waals surface area contributed by atoms with Gasteiger partial charge in [-0.25, -0.2) is 4.98 Å². The van der Waals surface area contributed by atoms with E-state index in [9.17, 15) is 0 Å². The first-order valence-electron chi connectivity index (χ1n) is 4.17. The van der Waals surface area contributed by atoms with Gasteiger partial charge in [0, 0.05) is 11.4 Å². The van der Waals surface area contributed by atoms with Crippen molar-refractivity contribution in [2.45, 2.75) is 18.8 Å². The highest BCUT2D eigenvalue weighted by Gasteiger charge is 2.15. The third kappa shape index (κ3) is 1.82. The van der Waals surface area contributed by atoms with Crippen LogP contribution in [0.5, 0.6) is 0 Å². The fourth-order valence-corrected chi connectivity index (χ4v) is 2.78. The highest BCUT2D eigenvalue weighted by atomic mass is 35.5. The van der Waals surface area contributed by atoms with Crippen LogP contribution in [0.2, 0.25) is 5.15 Å². The molecule has 0 saturated heterocycles. The van der Waals surface area contributed by atoms with E-state index >= 15 is 0 Å². The van der Waals surface area contributed by atoms with Crippen LogP contribution in [-0.4, -0.2) is 15.8 Å². The van der Waals surface area contributed by atoms with Crippen molar-refractivity contribution in [3.63, 3.8) is 0 Å². The molecule has 0 aromatic carbocycles. The second kappa shape index (κ2) is 3.86. The van der Waals surface area contributed by atoms with Gasteiger partial charge < -0.3 is 5.11 Å². The van der Waals surface area contributed by atoms with Crippen LogP contribution in [0.4, 0.5) is 0 Å². The number of thioether (sulfide) groups is 1. The fraction of sp³-hybridized carbons (Fsp3) is 0.444. The molecule has 0 aliphatic carbocycles. The Labute approximate surface area is 86.3 Å². The number of nitrogens with zero attached hydrogens (tertiary/aromatic N) is 1. The summed E-state index contributed by atoms with van der Waals surface area (Å²) in [6.07, 6.45) is 0.966. The van der Waals surface area contributed by atoms with Gasteiger partial charge in [-0.05, 0) is 29.4 Å². The highest BCUT2D eigenvalue weighted by Crippen LogP contribution is 2.27. The molecule has 0 spiro atoms. The first-order valence-corrected chi connectivity index (χ1v) is 5.70. The third-order valence-corrected chi connectivity index (χ3v) is 3.35. The molecule has 0 saturated carbocycles. The quantitative estimate of drug-likeness (QED) is 0.728. The zero-order chi connectivity index (χ0) is 9.26. The molecule has 2 heterocycles. The van der Waals surface area contributed by atoms with Crippen molar-refractivity contribution in [2.24, 2.45) is 0 Å². The molecule has 0 amide bonds. The van der Waals surface area contributed by atoms with E-state index in [4.69, 9.17) is 16.7 Å². The van der Waals surface area contributed by atoms with Gasteiger partial charge in [0.1, 0.15) is 5.15 Å². The van der Waals surface area contributed by atoms with Crippen molar-refractivity contribution in [3.05, 3.63) is 28.0 Å². The van der Waals surface area contributed by atoms with Gasteiger partial charge in [-0.15, -0.1) is 0 Å². The molecule has 0 radical (unpaired) electrons. The Morgan fingerprint density at radius 2 is 2.46 bits per heavy atom. The number of aliphatic hydroxyl groups excluding tert-OH is 1. The van der Waals surface area contributed by atoms with Gasteiger partial charge in [0.2, 0.25) is 0 Å². The summed E-state index contributed by atoms with van der Waals surface area (Å²) in [5.74, 6) is 2.06. The summed E-state index contributed by atoms with van der Waals surface area (Å²) in [7, 11) is 0. The van der Waals surface area contributed by atoms with Crippen LogP contribution in [0.15, 0.2) is 6.07 Å². The predicted octanol–water partition coefficient (Wildman–Crippen LogP) is 2.02. The topological polar surface area (TPSA) is 33.1 Å². The van der Waals surface area contributed by atoms with Crippen molar-refractivity contribution in [2.75, 3.05) is 5.75 Å². The monoisotopic (exact) mass is 215 g/mol. The summed E-state index contributed by atoms with van der Waals surface area (Å²) in [6.45, 7) is 0.0606. The Kier molecular flexibility index (Phi) is 2.77. The van der Waals surface area contributed by atoms with Crippen molar-refractivity contribution >= 4 is 23.4 Å². The van der Waals surface area contributed by atoms with Gasteiger partial charge in [-0.3, -0.25) is 0 Å². The molecule has 70 valence electrons. The van der Waals surface area contributed by atoms with E-state index in [2.05, 4.69) is 4.98 Å². The van der Waals surface area contributed by atoms with E-state index in [0.29, 0.717) is 5.15 Å². The summed E-state index contributed by atoms with van der Waals surface area (Å²) < 4.78 is 0. The van der Waals surface area contributed by atoms with E-state index in [-0.39, 0.29) is 6.61 Å². The lowest BCUT2D eigenvalue weighted by molar-refractivity contribution is 0.280. The molecular formula is C9H10ClNOS. The number of pyridine rings is 1. The smallest absolute Gasteiger partial charge is 0.129 e. The second-order valence-corrected chi connectivity index (χ2v) is 4.48. The van der Waals surface area contributed by atoms with Crippen LogP contribution in [0.1, 0.15) is 16.8 Å². The molecule has 0 atom stereocenters. The Morgan fingerprint density at radius 3 is 3.23 bits per heavy atom. The normalized spacial score (nSPS) is 15.5. The van der Waals surface area contributed by atoms with Gasteiger partial charge in [-0.1, -0.05) is 11.6 Å². The minimum absolute atomic E-state index is 0.0606. The Bertz CT molecular complexity index is 312. The predicted molar refractivity (Wildman–Crippen MR) is 55.0 cm³/mol. The summed E-state index contributed by atoms with van der Waals surface area (Å²) in [4.78, 5) is 4.26. The number of halogens is 1. The van der Waals surface area contributed by atoms with Crippen LogP contribution in [0.3, 0.4) is 0 Å². The van der Waals surface area contributed by atoms with Crippen molar-refractivity contribution in [3.8, 4) is 0 Å². The lowest BCUT2D eigenvalue weighted by Gasteiger charge is -2.17. The van der Waals surface area contributed by atoms with E-state index < -0.39 is 0 Å². The minimum atomic E-state index is 0.0606. The number of aromatic nitrogens is 1. The first kappa shape index (κ1) is 9.31. The van der Waals surface area contributed by atoms with E-state index in [1.165, 1.54) is 5.56 Å². The molecule has 0 fully saturated rings. The number of aryl methyl sites for hydroxylation is 1. The van der Waals surface area contributed by atoms with E-state index in [1.807, 2.05) is 11.8 Å². The van der Waals surface area contributed by atoms with Gasteiger partial charge in [0.15, 0.2) is 0 Å². The lowest BCUT2D eigenvalue weighted by atomic mass is 10.1. The summed E-state index contributed by atoms with van der Waals surface area (Å²) in [5, 5.41) is 9.62. The maximum Gasteiger partial charge on any atom is 0.129 e. The number of rotatable bonds is 1. The lowest BCUT2D eigenvalue weighted by Crippen LogP contribution is -2.08. The van der Waals surface area contributed by atoms with Gasteiger partial charge in [0.25, 0.3) is 0 Å². The zero-order valence-corrected chi connectivity index (χ0v) is 8.66. The maximum absolute atomic E-state index is 9.12. The second-order valence-electron chi connectivity index (χ2n) is 2.99. The van der Waals surface area contributed by atoms with Crippen LogP contribution in [0, 0.1) is 0 Å². The van der Waals surface area contributed by atoms with E-state index in [0.717, 1.165) is 29.2 Å². The van der Waals surface area contributed by atoms with Gasteiger partial charge >= 0.3 is 0 Å². The molecule has 1 aliphatic heterocycles. The van der Waals surface area contributed by atoms with Crippen molar-refractivity contribution in [1.82, 2.24) is 4.98 Å². The van der Waals surface area contributed by atoms with E-state index in [1.54, 1.807) is 6.07 Å². The van der Waals surface area contributed by atoms with Crippen molar-refractivity contribution in [1.29, 1.82) is 0 Å². The number of fused-ring (bicyclic) bond motifs is 1. The summed E-state index contributed by atoms with van der Waals surface area (Å²) >= 11 is 7.71. The molecule has 1 aromatic rings.